The molecule has 88 valence electrons. The molecular weight excluding hydrogens is 238 g/mol. The van der Waals surface area contributed by atoms with Crippen LogP contribution in [0.2, 0.25) is 0 Å². The fraction of sp³-hybridized carbons (Fsp3) is 0.167. The van der Waals surface area contributed by atoms with Crippen molar-refractivity contribution in [1.82, 2.24) is 9.55 Å². The van der Waals surface area contributed by atoms with Crippen molar-refractivity contribution >= 4 is 24.0 Å². The van der Waals surface area contributed by atoms with Crippen molar-refractivity contribution in [3.8, 4) is 0 Å². The first-order valence-electron chi connectivity index (χ1n) is 5.16. The Kier molecular flexibility index (Phi) is 2.90. The number of fused-ring (bicyclic) bond motifs is 2. The summed E-state index contributed by atoms with van der Waals surface area (Å²) in [7, 11) is 0. The Morgan fingerprint density at radius 3 is 3.06 bits per heavy atom. The van der Waals surface area contributed by atoms with Crippen LogP contribution in [0.3, 0.4) is 0 Å². The van der Waals surface area contributed by atoms with E-state index in [0.29, 0.717) is 12.4 Å². The zero-order valence-electron chi connectivity index (χ0n) is 9.30. The molecule has 1 aliphatic rings. The molecule has 0 radical (unpaired) electrons. The van der Waals surface area contributed by atoms with E-state index in [4.69, 9.17) is 0 Å². The predicted octanol–water partition coefficient (Wildman–Crippen LogP) is 2.23. The largest absolute Gasteiger partial charge is 0.322 e. The van der Waals surface area contributed by atoms with Crippen LogP contribution in [0.15, 0.2) is 30.6 Å². The van der Waals surface area contributed by atoms with Gasteiger partial charge in [0.25, 0.3) is 5.91 Å². The van der Waals surface area contributed by atoms with Crippen molar-refractivity contribution in [2.45, 2.75) is 13.5 Å². The van der Waals surface area contributed by atoms with Crippen LogP contribution in [0.5, 0.6) is 0 Å². The molecule has 4 nitrogen and oxygen atoms in total. The van der Waals surface area contributed by atoms with Gasteiger partial charge >= 0.3 is 0 Å². The number of carbonyl (C=O) groups is 1. The second kappa shape index (κ2) is 4.22. The first kappa shape index (κ1) is 11.7. The summed E-state index contributed by atoms with van der Waals surface area (Å²) in [4.78, 5) is 15.9. The number of hydrogen-bond donors (Lipinski definition) is 1. The second-order valence-corrected chi connectivity index (χ2v) is 3.99. The number of nitrogens with one attached hydrogen (secondary N) is 1. The molecule has 3 rings (SSSR count). The molecule has 0 atom stereocenters. The lowest BCUT2D eigenvalue weighted by Gasteiger charge is -2.07. The predicted molar refractivity (Wildman–Crippen MR) is 67.7 cm³/mol. The van der Waals surface area contributed by atoms with Crippen LogP contribution in [0.4, 0.5) is 5.69 Å². The number of carbonyl (C=O) groups excluding carboxylic acids is 1. The van der Waals surface area contributed by atoms with Crippen molar-refractivity contribution in [3.63, 3.8) is 0 Å². The Balaban J connectivity index is 0.00000108. The first-order valence-corrected chi connectivity index (χ1v) is 5.16. The number of benzene rings is 1. The molecule has 0 aliphatic carbocycles. The van der Waals surface area contributed by atoms with Gasteiger partial charge in [0.05, 0.1) is 6.54 Å². The average molecular weight is 250 g/mol. The second-order valence-electron chi connectivity index (χ2n) is 3.99. The summed E-state index contributed by atoms with van der Waals surface area (Å²) < 4.78 is 1.86. The molecule has 0 fully saturated rings. The average Bonchev–Trinajstić information content (AvgIpc) is 2.65. The standard InChI is InChI=1S/C12H11N3O.ClH/c1-8-2-3-10-9(6-8)7-15-5-4-13-11(15)12(16)14-10;/h2-6H,7H2,1H3,(H,14,16);1H. The third-order valence-electron chi connectivity index (χ3n) is 2.77. The summed E-state index contributed by atoms with van der Waals surface area (Å²) in [5.74, 6) is 0.321. The van der Waals surface area contributed by atoms with Crippen LogP contribution in [-0.4, -0.2) is 15.5 Å². The highest BCUT2D eigenvalue weighted by atomic mass is 35.5. The maximum atomic E-state index is 11.8. The number of anilines is 1. The van der Waals surface area contributed by atoms with Gasteiger partial charge in [0.2, 0.25) is 0 Å². The Morgan fingerprint density at radius 1 is 1.41 bits per heavy atom. The van der Waals surface area contributed by atoms with Gasteiger partial charge in [-0.25, -0.2) is 4.98 Å². The molecule has 0 bridgehead atoms. The molecule has 2 heterocycles. The van der Waals surface area contributed by atoms with Crippen LogP contribution < -0.4 is 5.32 Å². The molecule has 0 spiro atoms. The van der Waals surface area contributed by atoms with Gasteiger partial charge in [-0.3, -0.25) is 4.79 Å². The van der Waals surface area contributed by atoms with E-state index in [1.54, 1.807) is 6.20 Å². The highest BCUT2D eigenvalue weighted by molar-refractivity contribution is 6.02. The molecule has 1 aromatic heterocycles. The fourth-order valence-electron chi connectivity index (χ4n) is 1.98. The smallest absolute Gasteiger partial charge is 0.291 e. The Hall–Kier alpha value is -1.81. The lowest BCUT2D eigenvalue weighted by molar-refractivity contribution is 0.101. The Bertz CT molecular complexity index is 577. The van der Waals surface area contributed by atoms with E-state index in [9.17, 15) is 4.79 Å². The van der Waals surface area contributed by atoms with Gasteiger partial charge in [-0.05, 0) is 18.6 Å². The van der Waals surface area contributed by atoms with E-state index in [2.05, 4.69) is 16.4 Å². The monoisotopic (exact) mass is 249 g/mol. The van der Waals surface area contributed by atoms with Crippen molar-refractivity contribution < 1.29 is 4.79 Å². The van der Waals surface area contributed by atoms with E-state index in [1.165, 1.54) is 5.56 Å². The van der Waals surface area contributed by atoms with Gasteiger partial charge < -0.3 is 9.88 Å². The zero-order chi connectivity index (χ0) is 11.1. The third-order valence-corrected chi connectivity index (χ3v) is 2.77. The molecular formula is C12H12ClN3O. The summed E-state index contributed by atoms with van der Waals surface area (Å²) in [6.45, 7) is 2.73. The summed E-state index contributed by atoms with van der Waals surface area (Å²) in [6, 6.07) is 6.02. The SMILES string of the molecule is Cc1ccc2c(c1)Cn1ccnc1C(=O)N2.Cl. The molecule has 1 aliphatic heterocycles. The van der Waals surface area contributed by atoms with Gasteiger partial charge in [0.15, 0.2) is 5.82 Å². The van der Waals surface area contributed by atoms with Crippen LogP contribution in [0.25, 0.3) is 0 Å². The highest BCUT2D eigenvalue weighted by Crippen LogP contribution is 2.22. The van der Waals surface area contributed by atoms with Crippen LogP contribution in [0, 0.1) is 6.92 Å². The van der Waals surface area contributed by atoms with Gasteiger partial charge in [0.1, 0.15) is 0 Å². The molecule has 1 aromatic carbocycles. The quantitative estimate of drug-likeness (QED) is 0.778. The first-order chi connectivity index (χ1) is 7.74. The van der Waals surface area contributed by atoms with Crippen LogP contribution >= 0.6 is 12.4 Å². The van der Waals surface area contributed by atoms with Crippen molar-refractivity contribution in [3.05, 3.63) is 47.5 Å². The maximum absolute atomic E-state index is 11.8. The number of hydrogen-bond acceptors (Lipinski definition) is 2. The van der Waals surface area contributed by atoms with Crippen LogP contribution in [0.1, 0.15) is 21.7 Å². The molecule has 0 unspecified atom stereocenters. The van der Waals surface area contributed by atoms with Crippen molar-refractivity contribution in [1.29, 1.82) is 0 Å². The van der Waals surface area contributed by atoms with Crippen LogP contribution in [-0.2, 0) is 6.54 Å². The van der Waals surface area contributed by atoms with E-state index < -0.39 is 0 Å². The normalized spacial score (nSPS) is 12.9. The number of aromatic nitrogens is 2. The van der Waals surface area contributed by atoms with E-state index in [0.717, 1.165) is 11.3 Å². The Labute approximate surface area is 105 Å². The van der Waals surface area contributed by atoms with Crippen molar-refractivity contribution in [2.75, 3.05) is 5.32 Å². The van der Waals surface area contributed by atoms with Gasteiger partial charge in [-0.2, -0.15) is 0 Å². The minimum absolute atomic E-state index is 0. The zero-order valence-corrected chi connectivity index (χ0v) is 10.1. The number of nitrogens with zero attached hydrogens (tertiary/aromatic N) is 2. The van der Waals surface area contributed by atoms with E-state index in [-0.39, 0.29) is 18.3 Å². The molecule has 1 amide bonds. The number of aryl methyl sites for hydroxylation is 1. The lowest BCUT2D eigenvalue weighted by atomic mass is 10.1. The Morgan fingerprint density at radius 2 is 2.24 bits per heavy atom. The minimum Gasteiger partial charge on any atom is -0.322 e. The topological polar surface area (TPSA) is 46.9 Å². The number of halogens is 1. The number of amides is 1. The molecule has 1 N–H and O–H groups in total. The summed E-state index contributed by atoms with van der Waals surface area (Å²) >= 11 is 0. The third kappa shape index (κ3) is 1.91. The van der Waals surface area contributed by atoms with Gasteiger partial charge in [-0.1, -0.05) is 17.7 Å². The molecule has 0 saturated carbocycles. The van der Waals surface area contributed by atoms with Gasteiger partial charge in [0, 0.05) is 18.1 Å². The molecule has 0 saturated heterocycles. The molecule has 2 aromatic rings. The summed E-state index contributed by atoms with van der Waals surface area (Å²) in [6.07, 6.45) is 3.47. The molecule has 5 heteroatoms. The maximum Gasteiger partial charge on any atom is 0.291 e. The number of imidazole rings is 1. The van der Waals surface area contributed by atoms with Gasteiger partial charge in [-0.15, -0.1) is 12.4 Å². The molecule has 17 heavy (non-hydrogen) atoms. The highest BCUT2D eigenvalue weighted by Gasteiger charge is 2.19. The summed E-state index contributed by atoms with van der Waals surface area (Å²) in [5.41, 5.74) is 3.18. The van der Waals surface area contributed by atoms with E-state index >= 15 is 0 Å². The minimum atomic E-state index is -0.146. The summed E-state index contributed by atoms with van der Waals surface area (Å²) in [5, 5.41) is 2.87. The fourth-order valence-corrected chi connectivity index (χ4v) is 1.98. The van der Waals surface area contributed by atoms with Crippen molar-refractivity contribution in [2.24, 2.45) is 0 Å². The van der Waals surface area contributed by atoms with E-state index in [1.807, 2.05) is 29.8 Å². The number of rotatable bonds is 0. The lowest BCUT2D eigenvalue weighted by Crippen LogP contribution is -2.14.